The highest BCUT2D eigenvalue weighted by molar-refractivity contribution is 5.91. The third kappa shape index (κ3) is 3.76. The van der Waals surface area contributed by atoms with Crippen LogP contribution in [0.3, 0.4) is 0 Å². The Hall–Kier alpha value is -2.94. The number of rotatable bonds is 4. The Morgan fingerprint density at radius 1 is 1.19 bits per heavy atom. The molecule has 0 spiro atoms. The van der Waals surface area contributed by atoms with Gasteiger partial charge in [-0.3, -0.25) is 4.79 Å². The summed E-state index contributed by atoms with van der Waals surface area (Å²) in [4.78, 5) is 13.1. The molecule has 6 heteroatoms. The fourth-order valence-electron chi connectivity index (χ4n) is 1.66. The van der Waals surface area contributed by atoms with E-state index in [0.717, 1.165) is 5.56 Å². The lowest BCUT2D eigenvalue weighted by atomic mass is 10.1. The minimum Gasteiger partial charge on any atom is -0.365 e. The number of hydrogen-bond acceptors (Lipinski definition) is 5. The summed E-state index contributed by atoms with van der Waals surface area (Å²) in [5.74, 6) is 0.413. The lowest BCUT2D eigenvalue weighted by Gasteiger charge is -2.09. The number of benzene rings is 1. The molecule has 0 unspecified atom stereocenters. The van der Waals surface area contributed by atoms with Crippen molar-refractivity contribution in [3.05, 3.63) is 53.2 Å². The number of anilines is 1. The Morgan fingerprint density at radius 2 is 1.90 bits per heavy atom. The van der Waals surface area contributed by atoms with Crippen molar-refractivity contribution in [2.45, 2.75) is 6.54 Å². The quantitative estimate of drug-likeness (QED) is 0.921. The van der Waals surface area contributed by atoms with Crippen molar-refractivity contribution in [3.8, 4) is 6.07 Å². The molecule has 0 saturated heterocycles. The molecule has 0 radical (unpaired) electrons. The number of hydrogen-bond donors (Lipinski definition) is 1. The molecule has 1 heterocycles. The Labute approximate surface area is 123 Å². The van der Waals surface area contributed by atoms with Crippen molar-refractivity contribution in [1.82, 2.24) is 15.1 Å². The van der Waals surface area contributed by atoms with Crippen molar-refractivity contribution in [2.75, 3.05) is 19.4 Å². The molecule has 0 bridgehead atoms. The zero-order valence-corrected chi connectivity index (χ0v) is 11.9. The summed E-state index contributed by atoms with van der Waals surface area (Å²) in [5, 5.41) is 19.7. The van der Waals surface area contributed by atoms with Gasteiger partial charge in [0.15, 0.2) is 5.69 Å². The molecule has 0 aliphatic carbocycles. The molecule has 0 atom stereocenters. The first kappa shape index (κ1) is 14.5. The van der Waals surface area contributed by atoms with Gasteiger partial charge in [0, 0.05) is 20.6 Å². The average Bonchev–Trinajstić information content (AvgIpc) is 2.53. The average molecular weight is 281 g/mol. The summed E-state index contributed by atoms with van der Waals surface area (Å²) in [6, 6.07) is 12.7. The van der Waals surface area contributed by atoms with Crippen molar-refractivity contribution in [1.29, 1.82) is 5.26 Å². The van der Waals surface area contributed by atoms with E-state index in [1.807, 2.05) is 12.1 Å². The molecule has 2 aromatic rings. The highest BCUT2D eigenvalue weighted by Gasteiger charge is 2.09. The second-order valence-corrected chi connectivity index (χ2v) is 4.67. The van der Waals surface area contributed by atoms with Crippen LogP contribution in [0, 0.1) is 11.3 Å². The van der Waals surface area contributed by atoms with Gasteiger partial charge in [0.2, 0.25) is 0 Å². The van der Waals surface area contributed by atoms with E-state index in [9.17, 15) is 4.79 Å². The molecule has 0 saturated carbocycles. The van der Waals surface area contributed by atoms with Crippen LogP contribution < -0.4 is 5.32 Å². The molecule has 106 valence electrons. The van der Waals surface area contributed by atoms with Gasteiger partial charge in [-0.1, -0.05) is 12.1 Å². The molecule has 0 fully saturated rings. The van der Waals surface area contributed by atoms with Gasteiger partial charge in [-0.15, -0.1) is 10.2 Å². The van der Waals surface area contributed by atoms with E-state index in [-0.39, 0.29) is 5.91 Å². The molecule has 1 N–H and O–H groups in total. The van der Waals surface area contributed by atoms with Crippen LogP contribution >= 0.6 is 0 Å². The van der Waals surface area contributed by atoms with Crippen LogP contribution in [-0.4, -0.2) is 35.1 Å². The van der Waals surface area contributed by atoms with Crippen molar-refractivity contribution in [3.63, 3.8) is 0 Å². The Morgan fingerprint density at radius 3 is 2.43 bits per heavy atom. The van der Waals surface area contributed by atoms with E-state index in [1.54, 1.807) is 38.4 Å². The summed E-state index contributed by atoms with van der Waals surface area (Å²) in [7, 11) is 3.34. The van der Waals surface area contributed by atoms with E-state index >= 15 is 0 Å². The third-order valence-corrected chi connectivity index (χ3v) is 2.85. The number of carbonyl (C=O) groups is 1. The summed E-state index contributed by atoms with van der Waals surface area (Å²) in [5.41, 5.74) is 1.97. The van der Waals surface area contributed by atoms with E-state index in [2.05, 4.69) is 21.6 Å². The lowest BCUT2D eigenvalue weighted by Crippen LogP contribution is -2.23. The zero-order valence-electron chi connectivity index (χ0n) is 11.9. The predicted octanol–water partition coefficient (Wildman–Crippen LogP) is 1.66. The van der Waals surface area contributed by atoms with Gasteiger partial charge in [-0.25, -0.2) is 0 Å². The Bertz CT molecular complexity index is 656. The Kier molecular flexibility index (Phi) is 4.46. The summed E-state index contributed by atoms with van der Waals surface area (Å²) in [6.45, 7) is 0.571. The minimum absolute atomic E-state index is 0.179. The van der Waals surface area contributed by atoms with Gasteiger partial charge < -0.3 is 10.2 Å². The number of carbonyl (C=O) groups excluding carboxylic acids is 1. The molecule has 2 rings (SSSR count). The van der Waals surface area contributed by atoms with Crippen LogP contribution in [-0.2, 0) is 6.54 Å². The molecule has 0 aliphatic heterocycles. The van der Waals surface area contributed by atoms with Crippen LogP contribution in [0.5, 0.6) is 0 Å². The molecule has 1 amide bonds. The second kappa shape index (κ2) is 6.48. The van der Waals surface area contributed by atoms with Gasteiger partial charge in [0.1, 0.15) is 5.82 Å². The standard InChI is InChI=1S/C15H15N5O/c1-20(2)15(21)13-7-8-14(19-18-13)17-10-12-5-3-11(9-16)4-6-12/h3-8H,10H2,1-2H3,(H,17,19). The lowest BCUT2D eigenvalue weighted by molar-refractivity contribution is 0.0821. The predicted molar refractivity (Wildman–Crippen MR) is 78.5 cm³/mol. The molecular weight excluding hydrogens is 266 g/mol. The van der Waals surface area contributed by atoms with Crippen LogP contribution in [0.25, 0.3) is 0 Å². The molecule has 6 nitrogen and oxygen atoms in total. The first-order valence-corrected chi connectivity index (χ1v) is 6.38. The van der Waals surface area contributed by atoms with Crippen molar-refractivity contribution < 1.29 is 4.79 Å². The van der Waals surface area contributed by atoms with E-state index in [0.29, 0.717) is 23.6 Å². The fraction of sp³-hybridized carbons (Fsp3) is 0.200. The van der Waals surface area contributed by atoms with Gasteiger partial charge in [-0.2, -0.15) is 5.26 Å². The number of nitrogens with zero attached hydrogens (tertiary/aromatic N) is 4. The highest BCUT2D eigenvalue weighted by Crippen LogP contribution is 2.08. The van der Waals surface area contributed by atoms with Crippen LogP contribution in [0.1, 0.15) is 21.6 Å². The molecular formula is C15H15N5O. The maximum absolute atomic E-state index is 11.7. The summed E-state index contributed by atoms with van der Waals surface area (Å²) >= 11 is 0. The van der Waals surface area contributed by atoms with E-state index in [4.69, 9.17) is 5.26 Å². The van der Waals surface area contributed by atoms with Gasteiger partial charge in [0.25, 0.3) is 5.91 Å². The van der Waals surface area contributed by atoms with Crippen molar-refractivity contribution >= 4 is 11.7 Å². The molecule has 0 aliphatic rings. The summed E-state index contributed by atoms with van der Waals surface area (Å²) < 4.78 is 0. The Balaban J connectivity index is 1.97. The van der Waals surface area contributed by atoms with Crippen LogP contribution in [0.15, 0.2) is 36.4 Å². The largest absolute Gasteiger partial charge is 0.365 e. The van der Waals surface area contributed by atoms with Gasteiger partial charge >= 0.3 is 0 Å². The fourth-order valence-corrected chi connectivity index (χ4v) is 1.66. The first-order chi connectivity index (χ1) is 10.1. The van der Waals surface area contributed by atoms with Gasteiger partial charge in [-0.05, 0) is 29.8 Å². The zero-order chi connectivity index (χ0) is 15.2. The number of nitriles is 1. The second-order valence-electron chi connectivity index (χ2n) is 4.67. The van der Waals surface area contributed by atoms with Crippen LogP contribution in [0.4, 0.5) is 5.82 Å². The maximum Gasteiger partial charge on any atom is 0.273 e. The molecule has 21 heavy (non-hydrogen) atoms. The monoisotopic (exact) mass is 281 g/mol. The molecule has 1 aromatic heterocycles. The maximum atomic E-state index is 11.7. The number of amides is 1. The third-order valence-electron chi connectivity index (χ3n) is 2.85. The SMILES string of the molecule is CN(C)C(=O)c1ccc(NCc2ccc(C#N)cc2)nn1. The van der Waals surface area contributed by atoms with Crippen molar-refractivity contribution in [2.24, 2.45) is 0 Å². The summed E-state index contributed by atoms with van der Waals surface area (Å²) in [6.07, 6.45) is 0. The van der Waals surface area contributed by atoms with E-state index in [1.165, 1.54) is 4.90 Å². The highest BCUT2D eigenvalue weighted by atomic mass is 16.2. The van der Waals surface area contributed by atoms with Crippen LogP contribution in [0.2, 0.25) is 0 Å². The number of nitrogens with one attached hydrogen (secondary N) is 1. The minimum atomic E-state index is -0.179. The van der Waals surface area contributed by atoms with Gasteiger partial charge in [0.05, 0.1) is 11.6 Å². The topological polar surface area (TPSA) is 81.9 Å². The smallest absolute Gasteiger partial charge is 0.273 e. The number of aromatic nitrogens is 2. The normalized spacial score (nSPS) is 9.76. The van der Waals surface area contributed by atoms with E-state index < -0.39 is 0 Å². The first-order valence-electron chi connectivity index (χ1n) is 6.38. The molecule has 1 aromatic carbocycles.